The second-order valence-corrected chi connectivity index (χ2v) is 8.66. The minimum atomic E-state index is -1.03. The Morgan fingerprint density at radius 1 is 1.07 bits per heavy atom. The zero-order chi connectivity index (χ0) is 20.6. The lowest BCUT2D eigenvalue weighted by Gasteiger charge is -2.29. The molecule has 1 aromatic carbocycles. The quantitative estimate of drug-likeness (QED) is 0.486. The molecule has 1 aromatic heterocycles. The molecule has 1 aliphatic rings. The Balaban J connectivity index is 1.74. The Kier molecular flexibility index (Phi) is 5.98. The zero-order valence-corrected chi connectivity index (χ0v) is 17.5. The molecular formula is C19H18Cl2N2O4S. The number of hydrogen-bond acceptors (Lipinski definition) is 4. The van der Waals surface area contributed by atoms with Crippen molar-refractivity contribution >= 4 is 62.4 Å². The summed E-state index contributed by atoms with van der Waals surface area (Å²) >= 11 is 13.6. The Hall–Kier alpha value is -2.09. The van der Waals surface area contributed by atoms with Crippen LogP contribution in [0.5, 0.6) is 0 Å². The average molecular weight is 441 g/mol. The first-order valence-corrected chi connectivity index (χ1v) is 10.1. The standard InChI is InChI=1S/C19H18Cl2N2O4S/c1-8-6-10(11(19(26)27)7-9(8)2)17(24)22-23-18(25)16-15(21)14-12(20)4-3-5-13(14)28-16/h3-5,10-11H,6-7H2,1-2H3,(H,22,24)(H,23,25)(H,26,27)/t10-,11-/m0/s1. The number of hydrogen-bond donors (Lipinski definition) is 3. The smallest absolute Gasteiger partial charge is 0.307 e. The molecule has 0 fully saturated rings. The van der Waals surface area contributed by atoms with Crippen molar-refractivity contribution in [1.29, 1.82) is 0 Å². The highest BCUT2D eigenvalue weighted by Gasteiger charge is 2.37. The van der Waals surface area contributed by atoms with E-state index < -0.39 is 29.6 Å². The molecule has 9 heteroatoms. The molecule has 0 saturated heterocycles. The van der Waals surface area contributed by atoms with Gasteiger partial charge in [0.15, 0.2) is 0 Å². The fraction of sp³-hybridized carbons (Fsp3) is 0.316. The van der Waals surface area contributed by atoms with Gasteiger partial charge in [-0.3, -0.25) is 25.2 Å². The van der Waals surface area contributed by atoms with E-state index in [1.807, 2.05) is 13.8 Å². The summed E-state index contributed by atoms with van der Waals surface area (Å²) in [5, 5.41) is 10.7. The van der Waals surface area contributed by atoms with Crippen LogP contribution in [0.25, 0.3) is 10.1 Å². The molecule has 0 unspecified atom stereocenters. The first-order valence-electron chi connectivity index (χ1n) is 8.55. The summed E-state index contributed by atoms with van der Waals surface area (Å²) in [4.78, 5) is 36.8. The van der Waals surface area contributed by atoms with Crippen LogP contribution >= 0.6 is 34.5 Å². The fourth-order valence-corrected chi connectivity index (χ4v) is 5.16. The van der Waals surface area contributed by atoms with Gasteiger partial charge in [-0.1, -0.05) is 40.4 Å². The van der Waals surface area contributed by atoms with Gasteiger partial charge in [-0.2, -0.15) is 0 Å². The summed E-state index contributed by atoms with van der Waals surface area (Å²) in [5.74, 6) is -3.73. The Labute approximate surface area is 175 Å². The summed E-state index contributed by atoms with van der Waals surface area (Å²) in [7, 11) is 0. The van der Waals surface area contributed by atoms with Crippen molar-refractivity contribution in [2.24, 2.45) is 11.8 Å². The normalized spacial score (nSPS) is 19.6. The monoisotopic (exact) mass is 440 g/mol. The van der Waals surface area contributed by atoms with E-state index >= 15 is 0 Å². The summed E-state index contributed by atoms with van der Waals surface area (Å²) in [6.45, 7) is 3.75. The maximum absolute atomic E-state index is 12.5. The lowest BCUT2D eigenvalue weighted by Crippen LogP contribution is -2.47. The van der Waals surface area contributed by atoms with Gasteiger partial charge in [0.2, 0.25) is 5.91 Å². The number of amides is 2. The van der Waals surface area contributed by atoms with E-state index in [2.05, 4.69) is 10.9 Å². The molecule has 2 aromatic rings. The molecular weight excluding hydrogens is 423 g/mol. The van der Waals surface area contributed by atoms with E-state index in [4.69, 9.17) is 23.2 Å². The van der Waals surface area contributed by atoms with Crippen molar-refractivity contribution < 1.29 is 19.5 Å². The van der Waals surface area contributed by atoms with E-state index in [0.717, 1.165) is 27.2 Å². The van der Waals surface area contributed by atoms with Crippen molar-refractivity contribution in [3.63, 3.8) is 0 Å². The highest BCUT2D eigenvalue weighted by Crippen LogP contribution is 2.39. The number of nitrogens with one attached hydrogen (secondary N) is 2. The van der Waals surface area contributed by atoms with Gasteiger partial charge in [0.1, 0.15) is 4.88 Å². The van der Waals surface area contributed by atoms with Crippen molar-refractivity contribution in [3.8, 4) is 0 Å². The zero-order valence-electron chi connectivity index (χ0n) is 15.1. The molecule has 3 N–H and O–H groups in total. The molecule has 0 bridgehead atoms. The van der Waals surface area contributed by atoms with Gasteiger partial charge in [-0.25, -0.2) is 0 Å². The van der Waals surface area contributed by atoms with Gasteiger partial charge in [0, 0.05) is 10.1 Å². The largest absolute Gasteiger partial charge is 0.481 e. The topological polar surface area (TPSA) is 95.5 Å². The van der Waals surface area contributed by atoms with Crippen molar-refractivity contribution in [2.45, 2.75) is 26.7 Å². The SMILES string of the molecule is CC1=C(C)C[C@H](C(=O)NNC(=O)c2sc3cccc(Cl)c3c2Cl)[C@@H](C(=O)O)C1. The number of carboxylic acids is 1. The number of carbonyl (C=O) groups is 3. The summed E-state index contributed by atoms with van der Waals surface area (Å²) in [6.07, 6.45) is 0.650. The fourth-order valence-electron chi connectivity index (χ4n) is 3.31. The summed E-state index contributed by atoms with van der Waals surface area (Å²) < 4.78 is 0.753. The van der Waals surface area contributed by atoms with E-state index in [9.17, 15) is 19.5 Å². The van der Waals surface area contributed by atoms with Crippen molar-refractivity contribution in [2.75, 3.05) is 0 Å². The average Bonchev–Trinajstić information content (AvgIpc) is 2.99. The Morgan fingerprint density at radius 2 is 1.71 bits per heavy atom. The number of fused-ring (bicyclic) bond motifs is 1. The molecule has 28 heavy (non-hydrogen) atoms. The van der Waals surface area contributed by atoms with Crippen LogP contribution in [0.1, 0.15) is 36.4 Å². The lowest BCUT2D eigenvalue weighted by molar-refractivity contribution is -0.147. The number of halogens is 2. The molecule has 0 spiro atoms. The highest BCUT2D eigenvalue weighted by atomic mass is 35.5. The van der Waals surface area contributed by atoms with Crippen LogP contribution in [0.2, 0.25) is 10.0 Å². The third-order valence-corrected chi connectivity index (χ3v) is 6.99. The third kappa shape index (κ3) is 3.87. The Bertz CT molecular complexity index is 1010. The second-order valence-electron chi connectivity index (χ2n) is 6.82. The number of hydrazine groups is 1. The lowest BCUT2D eigenvalue weighted by atomic mass is 9.76. The predicted octanol–water partition coefficient (Wildman–Crippen LogP) is 4.42. The molecule has 6 nitrogen and oxygen atoms in total. The number of aliphatic carboxylic acids is 1. The van der Waals surface area contributed by atoms with Crippen LogP contribution in [0.3, 0.4) is 0 Å². The van der Waals surface area contributed by atoms with Gasteiger partial charge in [0.05, 0.1) is 21.9 Å². The molecule has 2 atom stereocenters. The first-order chi connectivity index (χ1) is 13.2. The van der Waals surface area contributed by atoms with Crippen LogP contribution < -0.4 is 10.9 Å². The molecule has 2 amide bonds. The number of benzene rings is 1. The summed E-state index contributed by atoms with van der Waals surface area (Å²) in [5.41, 5.74) is 6.66. The Morgan fingerprint density at radius 3 is 2.32 bits per heavy atom. The molecule has 0 aliphatic heterocycles. The van der Waals surface area contributed by atoms with E-state index in [0.29, 0.717) is 23.3 Å². The number of allylic oxidation sites excluding steroid dienone is 2. The number of rotatable bonds is 3. The van der Waals surface area contributed by atoms with Crippen LogP contribution in [0.4, 0.5) is 0 Å². The van der Waals surface area contributed by atoms with Crippen LogP contribution in [-0.2, 0) is 9.59 Å². The van der Waals surface area contributed by atoms with Gasteiger partial charge in [-0.15, -0.1) is 11.3 Å². The highest BCUT2D eigenvalue weighted by molar-refractivity contribution is 7.21. The predicted molar refractivity (Wildman–Crippen MR) is 110 cm³/mol. The molecule has 0 radical (unpaired) electrons. The minimum Gasteiger partial charge on any atom is -0.481 e. The first kappa shape index (κ1) is 20.6. The van der Waals surface area contributed by atoms with Crippen LogP contribution in [0, 0.1) is 11.8 Å². The number of thiophene rings is 1. The maximum Gasteiger partial charge on any atom is 0.307 e. The van der Waals surface area contributed by atoms with E-state index in [-0.39, 0.29) is 9.90 Å². The second kappa shape index (κ2) is 8.11. The molecule has 1 aliphatic carbocycles. The van der Waals surface area contributed by atoms with E-state index in [1.54, 1.807) is 18.2 Å². The molecule has 1 heterocycles. The maximum atomic E-state index is 12.5. The van der Waals surface area contributed by atoms with Crippen molar-refractivity contribution in [3.05, 3.63) is 44.3 Å². The number of carbonyl (C=O) groups excluding carboxylic acids is 2. The van der Waals surface area contributed by atoms with Crippen LogP contribution in [0.15, 0.2) is 29.3 Å². The van der Waals surface area contributed by atoms with E-state index in [1.165, 1.54) is 0 Å². The van der Waals surface area contributed by atoms with Crippen LogP contribution in [-0.4, -0.2) is 22.9 Å². The third-order valence-electron chi connectivity index (χ3n) is 5.03. The molecule has 148 valence electrons. The molecule has 0 saturated carbocycles. The minimum absolute atomic E-state index is 0.216. The van der Waals surface area contributed by atoms with Gasteiger partial charge in [0.25, 0.3) is 5.91 Å². The van der Waals surface area contributed by atoms with Crippen molar-refractivity contribution in [1.82, 2.24) is 10.9 Å². The molecule has 3 rings (SSSR count). The number of carboxylic acid groups (broad SMARTS) is 1. The van der Waals surface area contributed by atoms with Gasteiger partial charge >= 0.3 is 5.97 Å². The van der Waals surface area contributed by atoms with Gasteiger partial charge in [-0.05, 0) is 38.8 Å². The van der Waals surface area contributed by atoms with Gasteiger partial charge < -0.3 is 5.11 Å². The summed E-state index contributed by atoms with van der Waals surface area (Å²) in [6, 6.07) is 5.23.